The fraction of sp³-hybridized carbons (Fsp3) is 0.258. The average molecular weight is 511 g/mol. The lowest BCUT2D eigenvalue weighted by molar-refractivity contribution is -0.120. The van der Waals surface area contributed by atoms with Crippen LogP contribution in [0.25, 0.3) is 0 Å². The number of amides is 1. The Balaban J connectivity index is 1.51. The zero-order chi connectivity index (χ0) is 26.4. The van der Waals surface area contributed by atoms with E-state index in [9.17, 15) is 18.8 Å². The van der Waals surface area contributed by atoms with Gasteiger partial charge < -0.3 is 10.1 Å². The van der Waals surface area contributed by atoms with Gasteiger partial charge in [-0.3, -0.25) is 14.5 Å². The van der Waals surface area contributed by atoms with Gasteiger partial charge in [-0.05, 0) is 72.7 Å². The number of fused-ring (bicyclic) bond motifs is 1. The molecule has 192 valence electrons. The summed E-state index contributed by atoms with van der Waals surface area (Å²) >= 11 is 0. The maximum Gasteiger partial charge on any atom is 0.337 e. The number of nitrogens with zero attached hydrogens (tertiary/aromatic N) is 1. The van der Waals surface area contributed by atoms with E-state index in [2.05, 4.69) is 5.32 Å². The van der Waals surface area contributed by atoms with Gasteiger partial charge >= 0.3 is 5.97 Å². The summed E-state index contributed by atoms with van der Waals surface area (Å²) in [6.45, 7) is 0. The summed E-state index contributed by atoms with van der Waals surface area (Å²) in [5.41, 5.74) is 4.82. The molecule has 2 atom stereocenters. The number of ketones is 1. The molecule has 0 unspecified atom stereocenters. The molecule has 1 amide bonds. The molecule has 6 rings (SSSR count). The van der Waals surface area contributed by atoms with Crippen LogP contribution in [-0.4, -0.2) is 24.8 Å². The number of esters is 1. The standard InChI is InChI=1S/C31H27FN2O4/c1-38-31(37)21-10-6-19(7-11-21)29-28-25(16-22(17-27(28)35)18-12-14-23(32)15-13-18)33-24-4-2-3-5-26(24)34(29)30(36)20-8-9-20/h2-7,10-15,20,22,29,33H,8-9,16-17H2,1H3/t22-,29-/m1/s1. The Morgan fingerprint density at radius 2 is 1.61 bits per heavy atom. The van der Waals surface area contributed by atoms with E-state index in [4.69, 9.17) is 4.74 Å². The van der Waals surface area contributed by atoms with E-state index in [1.165, 1.54) is 19.2 Å². The van der Waals surface area contributed by atoms with Crippen LogP contribution in [0.5, 0.6) is 0 Å². The Morgan fingerprint density at radius 1 is 0.921 bits per heavy atom. The van der Waals surface area contributed by atoms with E-state index in [-0.39, 0.29) is 35.8 Å². The normalized spacial score (nSPS) is 20.7. The molecule has 3 aromatic rings. The number of hydrogen-bond donors (Lipinski definition) is 1. The summed E-state index contributed by atoms with van der Waals surface area (Å²) in [4.78, 5) is 41.6. The molecule has 1 fully saturated rings. The number of para-hydroxylation sites is 2. The molecule has 2 aliphatic carbocycles. The molecule has 1 heterocycles. The van der Waals surface area contributed by atoms with Crippen LogP contribution in [0.1, 0.15) is 59.1 Å². The quantitative estimate of drug-likeness (QED) is 0.441. The lowest BCUT2D eigenvalue weighted by Crippen LogP contribution is -2.39. The van der Waals surface area contributed by atoms with Gasteiger partial charge in [-0.2, -0.15) is 0 Å². The molecule has 1 aliphatic heterocycles. The van der Waals surface area contributed by atoms with Gasteiger partial charge in [-0.15, -0.1) is 0 Å². The van der Waals surface area contributed by atoms with Crippen LogP contribution in [0.15, 0.2) is 84.1 Å². The number of anilines is 2. The summed E-state index contributed by atoms with van der Waals surface area (Å²) in [7, 11) is 1.33. The number of methoxy groups -OCH3 is 1. The number of allylic oxidation sites excluding steroid dienone is 1. The molecule has 3 aliphatic rings. The molecular weight excluding hydrogens is 483 g/mol. The second-order valence-corrected chi connectivity index (χ2v) is 10.1. The van der Waals surface area contributed by atoms with Crippen LogP contribution in [0.4, 0.5) is 15.8 Å². The third-order valence-corrected chi connectivity index (χ3v) is 7.64. The van der Waals surface area contributed by atoms with E-state index < -0.39 is 12.0 Å². The number of carbonyl (C=O) groups is 3. The second-order valence-electron chi connectivity index (χ2n) is 10.1. The first kappa shape index (κ1) is 24.1. The number of halogens is 1. The SMILES string of the molecule is COC(=O)c1ccc([C@@H]2C3=C(C[C@@H](c4ccc(F)cc4)CC3=O)Nc3ccccc3N2C(=O)C2CC2)cc1. The Labute approximate surface area is 220 Å². The first-order chi connectivity index (χ1) is 18.4. The first-order valence-electron chi connectivity index (χ1n) is 12.8. The van der Waals surface area contributed by atoms with E-state index in [1.807, 2.05) is 24.3 Å². The number of nitrogens with one attached hydrogen (secondary N) is 1. The van der Waals surface area contributed by atoms with Crippen molar-refractivity contribution in [3.8, 4) is 0 Å². The van der Waals surface area contributed by atoms with Crippen molar-refractivity contribution < 1.29 is 23.5 Å². The molecule has 1 saturated carbocycles. The second kappa shape index (κ2) is 9.56. The molecule has 3 aromatic carbocycles. The van der Waals surface area contributed by atoms with Crippen molar-refractivity contribution in [1.29, 1.82) is 0 Å². The minimum Gasteiger partial charge on any atom is -0.465 e. The highest BCUT2D eigenvalue weighted by Crippen LogP contribution is 2.49. The fourth-order valence-electron chi connectivity index (χ4n) is 5.57. The number of rotatable bonds is 4. The maximum absolute atomic E-state index is 14.0. The minimum atomic E-state index is -0.650. The highest BCUT2D eigenvalue weighted by Gasteiger charge is 2.45. The van der Waals surface area contributed by atoms with Crippen LogP contribution < -0.4 is 10.2 Å². The van der Waals surface area contributed by atoms with Crippen molar-refractivity contribution in [3.05, 3.63) is 107 Å². The fourth-order valence-corrected chi connectivity index (χ4v) is 5.57. The average Bonchev–Trinajstić information content (AvgIpc) is 3.79. The summed E-state index contributed by atoms with van der Waals surface area (Å²) in [6, 6.07) is 20.2. The lowest BCUT2D eigenvalue weighted by Gasteiger charge is -2.35. The predicted octanol–water partition coefficient (Wildman–Crippen LogP) is 5.92. The number of carbonyl (C=O) groups excluding carboxylic acids is 3. The van der Waals surface area contributed by atoms with E-state index >= 15 is 0 Å². The summed E-state index contributed by atoms with van der Waals surface area (Å²) in [6.07, 6.45) is 2.45. The van der Waals surface area contributed by atoms with Gasteiger partial charge in [-0.25, -0.2) is 9.18 Å². The molecule has 0 saturated heterocycles. The van der Waals surface area contributed by atoms with Crippen molar-refractivity contribution in [1.82, 2.24) is 0 Å². The topological polar surface area (TPSA) is 75.7 Å². The van der Waals surface area contributed by atoms with Gasteiger partial charge in [0.05, 0.1) is 30.1 Å². The van der Waals surface area contributed by atoms with Crippen LogP contribution in [0.3, 0.4) is 0 Å². The summed E-state index contributed by atoms with van der Waals surface area (Å²) in [5.74, 6) is -1.03. The molecule has 0 bridgehead atoms. The smallest absolute Gasteiger partial charge is 0.337 e. The van der Waals surface area contributed by atoms with Crippen molar-refractivity contribution in [2.75, 3.05) is 17.3 Å². The Kier molecular flexibility index (Phi) is 6.06. The summed E-state index contributed by atoms with van der Waals surface area (Å²) in [5, 5.41) is 3.50. The number of hydrogen-bond acceptors (Lipinski definition) is 5. The largest absolute Gasteiger partial charge is 0.465 e. The molecule has 1 N–H and O–H groups in total. The lowest BCUT2D eigenvalue weighted by atomic mass is 9.78. The summed E-state index contributed by atoms with van der Waals surface area (Å²) < 4.78 is 18.4. The zero-order valence-corrected chi connectivity index (χ0v) is 20.9. The highest BCUT2D eigenvalue weighted by atomic mass is 19.1. The molecular formula is C31H27FN2O4. The van der Waals surface area contributed by atoms with E-state index in [1.54, 1.807) is 41.3 Å². The molecule has 0 radical (unpaired) electrons. The third-order valence-electron chi connectivity index (χ3n) is 7.64. The first-order valence-corrected chi connectivity index (χ1v) is 12.8. The predicted molar refractivity (Wildman–Crippen MR) is 141 cm³/mol. The Hall–Kier alpha value is -4.26. The molecule has 38 heavy (non-hydrogen) atoms. The van der Waals surface area contributed by atoms with Crippen molar-refractivity contribution in [3.63, 3.8) is 0 Å². The minimum absolute atomic E-state index is 0.0106. The van der Waals surface area contributed by atoms with Gasteiger partial charge in [-0.1, -0.05) is 36.4 Å². The molecule has 6 nitrogen and oxygen atoms in total. The van der Waals surface area contributed by atoms with E-state index in [0.29, 0.717) is 23.2 Å². The van der Waals surface area contributed by atoms with Crippen LogP contribution in [0.2, 0.25) is 0 Å². The molecule has 0 spiro atoms. The molecule has 0 aromatic heterocycles. The van der Waals surface area contributed by atoms with Crippen LogP contribution in [0, 0.1) is 11.7 Å². The number of ether oxygens (including phenoxy) is 1. The Morgan fingerprint density at radius 3 is 2.29 bits per heavy atom. The van der Waals surface area contributed by atoms with Gasteiger partial charge in [0.25, 0.3) is 0 Å². The van der Waals surface area contributed by atoms with E-state index in [0.717, 1.165) is 35.4 Å². The van der Waals surface area contributed by atoms with Gasteiger partial charge in [0.15, 0.2) is 5.78 Å². The van der Waals surface area contributed by atoms with Crippen molar-refractivity contribution in [2.24, 2.45) is 5.92 Å². The number of Topliss-reactive ketones (excluding diaryl/α,β-unsaturated/α-hetero) is 1. The van der Waals surface area contributed by atoms with Crippen LogP contribution >= 0.6 is 0 Å². The highest BCUT2D eigenvalue weighted by molar-refractivity contribution is 6.07. The van der Waals surface area contributed by atoms with Crippen molar-refractivity contribution >= 4 is 29.0 Å². The maximum atomic E-state index is 14.0. The third kappa shape index (κ3) is 4.28. The number of benzene rings is 3. The monoisotopic (exact) mass is 510 g/mol. The van der Waals surface area contributed by atoms with Gasteiger partial charge in [0.2, 0.25) is 5.91 Å². The molecule has 7 heteroatoms. The zero-order valence-electron chi connectivity index (χ0n) is 20.9. The Bertz CT molecular complexity index is 1460. The van der Waals surface area contributed by atoms with Crippen LogP contribution in [-0.2, 0) is 14.3 Å². The van der Waals surface area contributed by atoms with Crippen molar-refractivity contribution in [2.45, 2.75) is 37.6 Å². The van der Waals surface area contributed by atoms with Gasteiger partial charge in [0, 0.05) is 23.6 Å². The van der Waals surface area contributed by atoms with Gasteiger partial charge in [0.1, 0.15) is 5.82 Å².